The molecule has 15 heavy (non-hydrogen) atoms. The Balaban J connectivity index is 3.30. The van der Waals surface area contributed by atoms with E-state index in [1.54, 1.807) is 0 Å². The molecule has 0 radical (unpaired) electrons. The maximum Gasteiger partial charge on any atom is 0.325 e. The molecule has 0 aliphatic rings. The van der Waals surface area contributed by atoms with E-state index >= 15 is 0 Å². The Bertz CT molecular complexity index is 164. The monoisotopic (exact) mass is 219 g/mol. The smallest absolute Gasteiger partial charge is 0.325 e. The lowest BCUT2D eigenvalue weighted by Gasteiger charge is -2.10. The second-order valence-corrected chi connectivity index (χ2v) is 3.20. The molecule has 1 unspecified atom stereocenters. The Morgan fingerprint density at radius 3 is 2.67 bits per heavy atom. The number of hydrogen-bond donors (Lipinski definition) is 1. The van der Waals surface area contributed by atoms with Gasteiger partial charge in [0.15, 0.2) is 0 Å². The minimum Gasteiger partial charge on any atom is -0.462 e. The fraction of sp³-hybridized carbons (Fsp3) is 0.900. The molecule has 0 aliphatic carbocycles. The molecule has 0 aromatic carbocycles. The first-order valence-electron chi connectivity index (χ1n) is 5.21. The molecule has 2 N–H and O–H groups in total. The summed E-state index contributed by atoms with van der Waals surface area (Å²) >= 11 is 0. The molecule has 5 heteroatoms. The predicted molar refractivity (Wildman–Crippen MR) is 56.5 cm³/mol. The van der Waals surface area contributed by atoms with Crippen molar-refractivity contribution >= 4 is 5.97 Å². The Hall–Kier alpha value is -0.650. The van der Waals surface area contributed by atoms with Crippen LogP contribution in [0.25, 0.3) is 0 Å². The van der Waals surface area contributed by atoms with Crippen LogP contribution in [0.2, 0.25) is 0 Å². The van der Waals surface area contributed by atoms with Crippen molar-refractivity contribution in [2.75, 3.05) is 33.5 Å². The largest absolute Gasteiger partial charge is 0.462 e. The van der Waals surface area contributed by atoms with Crippen LogP contribution in [0.1, 0.15) is 19.8 Å². The molecule has 90 valence electrons. The summed E-state index contributed by atoms with van der Waals surface area (Å²) in [6.07, 6.45) is 2.12. The maximum absolute atomic E-state index is 11.1. The lowest BCUT2D eigenvalue weighted by Crippen LogP contribution is -2.36. The van der Waals surface area contributed by atoms with Crippen LogP contribution in [0, 0.1) is 0 Å². The van der Waals surface area contributed by atoms with Gasteiger partial charge in [0.25, 0.3) is 0 Å². The first kappa shape index (κ1) is 14.3. The van der Waals surface area contributed by atoms with Gasteiger partial charge in [-0.1, -0.05) is 13.3 Å². The molecule has 1 atom stereocenters. The first-order valence-corrected chi connectivity index (χ1v) is 5.21. The lowest BCUT2D eigenvalue weighted by molar-refractivity contribution is -0.148. The summed E-state index contributed by atoms with van der Waals surface area (Å²) in [6, 6.07) is -0.703. The van der Waals surface area contributed by atoms with Crippen LogP contribution in [0.3, 0.4) is 0 Å². The van der Waals surface area contributed by atoms with Gasteiger partial charge in [-0.15, -0.1) is 0 Å². The van der Waals surface area contributed by atoms with E-state index in [-0.39, 0.29) is 13.2 Å². The number of carbonyl (C=O) groups excluding carboxylic acids is 1. The fourth-order valence-electron chi connectivity index (χ4n) is 0.904. The molecule has 0 fully saturated rings. The number of esters is 1. The van der Waals surface area contributed by atoms with E-state index in [4.69, 9.17) is 19.9 Å². The summed E-state index contributed by atoms with van der Waals surface area (Å²) < 4.78 is 14.8. The molecule has 0 aromatic heterocycles. The standard InChI is InChI=1S/C10H21NO4/c1-3-4-5-14-6-7-15-10(12)9(11)8-13-2/h9H,3-8,11H2,1-2H3. The molecule has 0 rings (SSSR count). The van der Waals surface area contributed by atoms with E-state index in [2.05, 4.69) is 6.92 Å². The Kier molecular flexibility index (Phi) is 9.46. The van der Waals surface area contributed by atoms with Crippen LogP contribution >= 0.6 is 0 Å². The zero-order chi connectivity index (χ0) is 11.5. The second-order valence-electron chi connectivity index (χ2n) is 3.20. The van der Waals surface area contributed by atoms with Crippen LogP contribution in [-0.2, 0) is 19.0 Å². The van der Waals surface area contributed by atoms with Crippen LogP contribution in [-0.4, -0.2) is 45.5 Å². The van der Waals surface area contributed by atoms with E-state index in [1.165, 1.54) is 7.11 Å². The molecule has 0 aliphatic heterocycles. The van der Waals surface area contributed by atoms with Gasteiger partial charge in [0, 0.05) is 13.7 Å². The summed E-state index contributed by atoms with van der Waals surface area (Å²) in [5.74, 6) is -0.448. The van der Waals surface area contributed by atoms with Crippen molar-refractivity contribution in [3.05, 3.63) is 0 Å². The highest BCUT2D eigenvalue weighted by molar-refractivity contribution is 5.75. The molecule has 0 aromatic rings. The fourth-order valence-corrected chi connectivity index (χ4v) is 0.904. The number of nitrogens with two attached hydrogens (primary N) is 1. The number of unbranched alkanes of at least 4 members (excludes halogenated alkanes) is 1. The molecular weight excluding hydrogens is 198 g/mol. The summed E-state index contributed by atoms with van der Waals surface area (Å²) in [7, 11) is 1.49. The van der Waals surface area contributed by atoms with Crippen molar-refractivity contribution in [3.63, 3.8) is 0 Å². The van der Waals surface area contributed by atoms with Gasteiger partial charge in [0.05, 0.1) is 13.2 Å². The third-order valence-corrected chi connectivity index (χ3v) is 1.76. The van der Waals surface area contributed by atoms with Crippen molar-refractivity contribution in [2.24, 2.45) is 5.73 Å². The number of rotatable bonds is 9. The molecule has 0 saturated carbocycles. The zero-order valence-electron chi connectivity index (χ0n) is 9.53. The van der Waals surface area contributed by atoms with E-state index in [0.29, 0.717) is 13.2 Å². The Labute approximate surface area is 90.9 Å². The highest BCUT2D eigenvalue weighted by Crippen LogP contribution is 1.90. The SMILES string of the molecule is CCCCOCCOC(=O)C(N)COC. The van der Waals surface area contributed by atoms with Crippen molar-refractivity contribution in [1.82, 2.24) is 0 Å². The van der Waals surface area contributed by atoms with Gasteiger partial charge >= 0.3 is 5.97 Å². The lowest BCUT2D eigenvalue weighted by atomic mass is 10.3. The topological polar surface area (TPSA) is 70.8 Å². The van der Waals surface area contributed by atoms with Crippen molar-refractivity contribution in [1.29, 1.82) is 0 Å². The molecule has 5 nitrogen and oxygen atoms in total. The number of methoxy groups -OCH3 is 1. The summed E-state index contributed by atoms with van der Waals surface area (Å²) in [5, 5.41) is 0. The summed E-state index contributed by atoms with van der Waals surface area (Å²) in [5.41, 5.74) is 5.45. The van der Waals surface area contributed by atoms with Crippen molar-refractivity contribution < 1.29 is 19.0 Å². The van der Waals surface area contributed by atoms with Gasteiger partial charge < -0.3 is 19.9 Å². The Morgan fingerprint density at radius 1 is 1.33 bits per heavy atom. The van der Waals surface area contributed by atoms with Gasteiger partial charge in [0.2, 0.25) is 0 Å². The Morgan fingerprint density at radius 2 is 2.07 bits per heavy atom. The van der Waals surface area contributed by atoms with Crippen LogP contribution < -0.4 is 5.73 Å². The predicted octanol–water partition coefficient (Wildman–Crippen LogP) is 0.320. The quantitative estimate of drug-likeness (QED) is 0.446. The first-order chi connectivity index (χ1) is 7.22. The third-order valence-electron chi connectivity index (χ3n) is 1.76. The minimum atomic E-state index is -0.703. The van der Waals surface area contributed by atoms with Crippen LogP contribution in [0.15, 0.2) is 0 Å². The molecule has 0 bridgehead atoms. The van der Waals surface area contributed by atoms with Crippen LogP contribution in [0.5, 0.6) is 0 Å². The summed E-state index contributed by atoms with van der Waals surface area (Å²) in [6.45, 7) is 3.65. The van der Waals surface area contributed by atoms with Gasteiger partial charge in [-0.05, 0) is 6.42 Å². The highest BCUT2D eigenvalue weighted by atomic mass is 16.6. The van der Waals surface area contributed by atoms with E-state index in [1.807, 2.05) is 0 Å². The van der Waals surface area contributed by atoms with E-state index < -0.39 is 12.0 Å². The van der Waals surface area contributed by atoms with Gasteiger partial charge in [-0.25, -0.2) is 0 Å². The van der Waals surface area contributed by atoms with Gasteiger partial charge in [-0.3, -0.25) is 4.79 Å². The average Bonchev–Trinajstić information content (AvgIpc) is 2.23. The van der Waals surface area contributed by atoms with Gasteiger partial charge in [0.1, 0.15) is 12.6 Å². The van der Waals surface area contributed by atoms with Crippen molar-refractivity contribution in [3.8, 4) is 0 Å². The molecule has 0 saturated heterocycles. The van der Waals surface area contributed by atoms with Gasteiger partial charge in [-0.2, -0.15) is 0 Å². The van der Waals surface area contributed by atoms with E-state index in [9.17, 15) is 4.79 Å². The number of carbonyl (C=O) groups is 1. The highest BCUT2D eigenvalue weighted by Gasteiger charge is 2.13. The maximum atomic E-state index is 11.1. The molecular formula is C10H21NO4. The second kappa shape index (κ2) is 9.89. The van der Waals surface area contributed by atoms with Crippen LogP contribution in [0.4, 0.5) is 0 Å². The summed E-state index contributed by atoms with van der Waals surface area (Å²) in [4.78, 5) is 11.1. The molecule has 0 spiro atoms. The number of hydrogen-bond acceptors (Lipinski definition) is 5. The zero-order valence-corrected chi connectivity index (χ0v) is 9.53. The molecule has 0 amide bonds. The molecule has 0 heterocycles. The average molecular weight is 219 g/mol. The number of ether oxygens (including phenoxy) is 3. The van der Waals surface area contributed by atoms with Crippen molar-refractivity contribution in [2.45, 2.75) is 25.8 Å². The third kappa shape index (κ3) is 8.35. The minimum absolute atomic E-state index is 0.176. The van der Waals surface area contributed by atoms with E-state index in [0.717, 1.165) is 12.8 Å². The normalized spacial score (nSPS) is 12.5.